The highest BCUT2D eigenvalue weighted by molar-refractivity contribution is 5.99. The summed E-state index contributed by atoms with van der Waals surface area (Å²) in [5, 5.41) is 11.4. The molecular weight excluding hydrogens is 336 g/mol. The van der Waals surface area contributed by atoms with E-state index in [-0.39, 0.29) is 30.1 Å². The molecule has 0 saturated carbocycles. The zero-order chi connectivity index (χ0) is 19.1. The number of ether oxygens (including phenoxy) is 3. The second-order valence-corrected chi connectivity index (χ2v) is 8.53. The summed E-state index contributed by atoms with van der Waals surface area (Å²) in [6.07, 6.45) is 3.20. The maximum atomic E-state index is 12.9. The van der Waals surface area contributed by atoms with Gasteiger partial charge in [0.2, 0.25) is 11.6 Å². The Balaban J connectivity index is 1.85. The van der Waals surface area contributed by atoms with Crippen molar-refractivity contribution in [3.05, 3.63) is 23.5 Å². The van der Waals surface area contributed by atoms with E-state index in [1.54, 1.807) is 39.8 Å². The van der Waals surface area contributed by atoms with Crippen molar-refractivity contribution in [3.8, 4) is 0 Å². The van der Waals surface area contributed by atoms with Crippen LogP contribution in [-0.4, -0.2) is 40.5 Å². The summed E-state index contributed by atoms with van der Waals surface area (Å²) in [6.45, 7) is 8.99. The van der Waals surface area contributed by atoms with Gasteiger partial charge in [0.15, 0.2) is 5.60 Å². The Morgan fingerprint density at radius 3 is 2.65 bits per heavy atom. The van der Waals surface area contributed by atoms with E-state index >= 15 is 0 Å². The number of hydrogen-bond donors (Lipinski definition) is 1. The Hall–Kier alpha value is -1.66. The number of ketones is 1. The van der Waals surface area contributed by atoms with Crippen molar-refractivity contribution in [2.24, 2.45) is 17.3 Å². The topological polar surface area (TPSA) is 82.1 Å². The van der Waals surface area contributed by atoms with Gasteiger partial charge < -0.3 is 19.3 Å². The van der Waals surface area contributed by atoms with Gasteiger partial charge in [-0.3, -0.25) is 9.59 Å². The van der Waals surface area contributed by atoms with E-state index in [0.29, 0.717) is 17.8 Å². The number of allylic oxidation sites excluding steroid dienone is 2. The van der Waals surface area contributed by atoms with Crippen molar-refractivity contribution >= 4 is 11.8 Å². The number of aliphatic hydroxyl groups is 1. The number of esters is 1. The first-order valence-electron chi connectivity index (χ1n) is 9.26. The average Bonchev–Trinajstić information content (AvgIpc) is 3.09. The molecular formula is C20H26O6. The summed E-state index contributed by atoms with van der Waals surface area (Å²) in [5.41, 5.74) is -1.68. The molecule has 0 spiro atoms. The summed E-state index contributed by atoms with van der Waals surface area (Å²) in [4.78, 5) is 25.5. The van der Waals surface area contributed by atoms with Crippen LogP contribution < -0.4 is 0 Å². The highest BCUT2D eigenvalue weighted by Crippen LogP contribution is 2.61. The van der Waals surface area contributed by atoms with Crippen molar-refractivity contribution < 1.29 is 28.9 Å². The van der Waals surface area contributed by atoms with Crippen molar-refractivity contribution in [2.75, 3.05) is 0 Å². The second kappa shape index (κ2) is 5.20. The zero-order valence-corrected chi connectivity index (χ0v) is 15.9. The standard InChI is InChI=1S/C20H26O6/c1-6-11(3)20(23)19(5)16-13(24-17(19)22)7-10(2)12-8-15(21)18(4,25-12)9-14(16)26-20/h6,8,10,13-14,16,23H,7,9H2,1-5H3/b11-6-/t10-,13-,14-,16-,18+,19+,20+/m0/s1. The summed E-state index contributed by atoms with van der Waals surface area (Å²) >= 11 is 0. The van der Waals surface area contributed by atoms with Gasteiger partial charge in [0.1, 0.15) is 17.3 Å². The molecule has 0 radical (unpaired) electrons. The molecule has 4 aliphatic rings. The first kappa shape index (κ1) is 17.7. The minimum absolute atomic E-state index is 0.0591. The van der Waals surface area contributed by atoms with Crippen LogP contribution in [0.25, 0.3) is 0 Å². The molecule has 6 nitrogen and oxygen atoms in total. The van der Waals surface area contributed by atoms with Crippen molar-refractivity contribution in [2.45, 2.75) is 71.1 Å². The molecule has 7 atom stereocenters. The maximum absolute atomic E-state index is 12.9. The minimum atomic E-state index is -1.75. The van der Waals surface area contributed by atoms with Gasteiger partial charge in [-0.05, 0) is 39.7 Å². The first-order chi connectivity index (χ1) is 12.1. The second-order valence-electron chi connectivity index (χ2n) is 8.53. The van der Waals surface area contributed by atoms with Crippen molar-refractivity contribution in [1.82, 2.24) is 0 Å². The van der Waals surface area contributed by atoms with E-state index in [4.69, 9.17) is 14.2 Å². The Kier molecular flexibility index (Phi) is 3.55. The SMILES string of the molecule is C/C=C(/C)[C@@]1(O)O[C@H]2C[C@@]3(C)OC(=CC3=O)[C@@H](C)C[C@@H]3OC(=O)[C@@]1(C)[C@@H]32. The molecule has 6 heteroatoms. The van der Waals surface area contributed by atoms with Crippen LogP contribution in [0.2, 0.25) is 0 Å². The van der Waals surface area contributed by atoms with Crippen molar-refractivity contribution in [3.63, 3.8) is 0 Å². The molecule has 4 rings (SSSR count). The lowest BCUT2D eigenvalue weighted by molar-refractivity contribution is -0.220. The van der Waals surface area contributed by atoms with Gasteiger partial charge in [0.25, 0.3) is 0 Å². The zero-order valence-electron chi connectivity index (χ0n) is 15.9. The molecule has 0 amide bonds. The predicted octanol–water partition coefficient (Wildman–Crippen LogP) is 2.26. The highest BCUT2D eigenvalue weighted by atomic mass is 16.7. The maximum Gasteiger partial charge on any atom is 0.318 e. The third kappa shape index (κ3) is 1.94. The van der Waals surface area contributed by atoms with E-state index in [1.165, 1.54) is 0 Å². The van der Waals surface area contributed by atoms with E-state index in [2.05, 4.69) is 0 Å². The highest BCUT2D eigenvalue weighted by Gasteiger charge is 2.74. The molecule has 4 heterocycles. The number of hydrogen-bond acceptors (Lipinski definition) is 6. The average molecular weight is 362 g/mol. The normalized spacial score (nSPS) is 50.4. The number of carbonyl (C=O) groups excluding carboxylic acids is 2. The molecule has 3 fully saturated rings. The summed E-state index contributed by atoms with van der Waals surface area (Å²) in [5.74, 6) is -2.04. The van der Waals surface area contributed by atoms with Crippen molar-refractivity contribution in [1.29, 1.82) is 0 Å². The Morgan fingerprint density at radius 1 is 1.31 bits per heavy atom. The van der Waals surface area contributed by atoms with Crippen LogP contribution in [0.4, 0.5) is 0 Å². The Bertz CT molecular complexity index is 753. The van der Waals surface area contributed by atoms with E-state index in [9.17, 15) is 14.7 Å². The number of carbonyl (C=O) groups is 2. The van der Waals surface area contributed by atoms with Crippen LogP contribution in [0.15, 0.2) is 23.5 Å². The molecule has 0 unspecified atom stereocenters. The molecule has 0 aromatic heterocycles. The molecule has 26 heavy (non-hydrogen) atoms. The molecule has 0 aliphatic carbocycles. The monoisotopic (exact) mass is 362 g/mol. The molecule has 0 aromatic carbocycles. The molecule has 142 valence electrons. The number of rotatable bonds is 1. The van der Waals surface area contributed by atoms with Crippen LogP contribution in [0.1, 0.15) is 47.5 Å². The fourth-order valence-corrected chi connectivity index (χ4v) is 5.15. The molecule has 1 N–H and O–H groups in total. The first-order valence-corrected chi connectivity index (χ1v) is 9.26. The largest absolute Gasteiger partial charge is 0.483 e. The smallest absolute Gasteiger partial charge is 0.318 e. The summed E-state index contributed by atoms with van der Waals surface area (Å²) in [7, 11) is 0. The van der Waals surface area contributed by atoms with Crippen LogP contribution in [0.5, 0.6) is 0 Å². The lowest BCUT2D eigenvalue weighted by Crippen LogP contribution is -2.49. The predicted molar refractivity (Wildman–Crippen MR) is 91.7 cm³/mol. The van der Waals surface area contributed by atoms with Gasteiger partial charge in [0.05, 0.1) is 6.10 Å². The van der Waals surface area contributed by atoms with Gasteiger partial charge in [0, 0.05) is 24.3 Å². The quantitative estimate of drug-likeness (QED) is 0.569. The molecule has 3 saturated heterocycles. The lowest BCUT2D eigenvalue weighted by Gasteiger charge is -2.35. The summed E-state index contributed by atoms with van der Waals surface area (Å²) in [6, 6.07) is 0. The van der Waals surface area contributed by atoms with Gasteiger partial charge in [-0.25, -0.2) is 0 Å². The van der Waals surface area contributed by atoms with Crippen LogP contribution in [-0.2, 0) is 23.8 Å². The van der Waals surface area contributed by atoms with E-state index in [1.807, 2.05) is 6.92 Å². The molecule has 2 bridgehead atoms. The molecule has 0 aromatic rings. The minimum Gasteiger partial charge on any atom is -0.483 e. The van der Waals surface area contributed by atoms with E-state index in [0.717, 1.165) is 0 Å². The van der Waals surface area contributed by atoms with Crippen LogP contribution in [0.3, 0.4) is 0 Å². The van der Waals surface area contributed by atoms with E-state index < -0.39 is 28.9 Å². The lowest BCUT2D eigenvalue weighted by atomic mass is 9.66. The third-order valence-electron chi connectivity index (χ3n) is 6.94. The van der Waals surface area contributed by atoms with Gasteiger partial charge >= 0.3 is 5.97 Å². The fourth-order valence-electron chi connectivity index (χ4n) is 5.15. The van der Waals surface area contributed by atoms with Gasteiger partial charge in [-0.15, -0.1) is 0 Å². The van der Waals surface area contributed by atoms with Gasteiger partial charge in [-0.1, -0.05) is 13.0 Å². The van der Waals surface area contributed by atoms with Crippen LogP contribution >= 0.6 is 0 Å². The van der Waals surface area contributed by atoms with Crippen LogP contribution in [0, 0.1) is 17.3 Å². The fraction of sp³-hybridized carbons (Fsp3) is 0.700. The van der Waals surface area contributed by atoms with Gasteiger partial charge in [-0.2, -0.15) is 0 Å². The Morgan fingerprint density at radius 2 is 2.00 bits per heavy atom. The third-order valence-corrected chi connectivity index (χ3v) is 6.94. The molecule has 4 aliphatic heterocycles. The number of fused-ring (bicyclic) bond motifs is 2. The summed E-state index contributed by atoms with van der Waals surface area (Å²) < 4.78 is 17.9. The Labute approximate surface area is 153 Å².